The number of morpholine rings is 2. The number of rotatable bonds is 2. The maximum absolute atomic E-state index is 9.21. The highest BCUT2D eigenvalue weighted by Crippen LogP contribution is 2.32. The van der Waals surface area contributed by atoms with Crippen molar-refractivity contribution in [1.29, 1.82) is 5.26 Å². The van der Waals surface area contributed by atoms with E-state index < -0.39 is 0 Å². The van der Waals surface area contributed by atoms with Crippen molar-refractivity contribution in [2.45, 2.75) is 31.2 Å². The summed E-state index contributed by atoms with van der Waals surface area (Å²) in [6.45, 7) is 5.47. The molecule has 4 aliphatic heterocycles. The zero-order valence-electron chi connectivity index (χ0n) is 18.1. The Morgan fingerprint density at radius 2 is 1.78 bits per heavy atom. The van der Waals surface area contributed by atoms with E-state index >= 15 is 0 Å². The number of hydrogen-bond donors (Lipinski definition) is 1. The number of para-hydroxylation sites is 1. The van der Waals surface area contributed by atoms with Crippen LogP contribution in [-0.4, -0.2) is 62.5 Å². The molecular formula is C26H27N5O. The summed E-state index contributed by atoms with van der Waals surface area (Å²) in [5.41, 5.74) is 5.79. The summed E-state index contributed by atoms with van der Waals surface area (Å²) >= 11 is 0. The molecule has 1 N–H and O–H groups in total. The molecule has 2 fully saturated rings. The summed E-state index contributed by atoms with van der Waals surface area (Å²) in [6, 6.07) is 20.4. The lowest BCUT2D eigenvalue weighted by Crippen LogP contribution is -2.62. The summed E-state index contributed by atoms with van der Waals surface area (Å²) in [7, 11) is 0. The summed E-state index contributed by atoms with van der Waals surface area (Å²) in [4.78, 5) is 7.16. The average Bonchev–Trinajstić information content (AvgIpc) is 3.43. The van der Waals surface area contributed by atoms with Crippen LogP contribution in [0, 0.1) is 23.3 Å². The van der Waals surface area contributed by atoms with Gasteiger partial charge in [-0.3, -0.25) is 4.90 Å². The predicted molar refractivity (Wildman–Crippen MR) is 124 cm³/mol. The van der Waals surface area contributed by atoms with Crippen LogP contribution in [0.3, 0.4) is 0 Å². The van der Waals surface area contributed by atoms with Crippen LogP contribution in [0.15, 0.2) is 42.5 Å². The van der Waals surface area contributed by atoms with Gasteiger partial charge in [0.15, 0.2) is 0 Å². The lowest BCUT2D eigenvalue weighted by molar-refractivity contribution is -0.108. The molecule has 4 heterocycles. The number of fused-ring (bicyclic) bond motifs is 4. The normalized spacial score (nSPS) is 24.8. The molecule has 0 spiro atoms. The molecule has 4 aliphatic rings. The number of hydrogen-bond acceptors (Lipinski definition) is 6. The molecular weight excluding hydrogens is 398 g/mol. The van der Waals surface area contributed by atoms with Gasteiger partial charge in [-0.1, -0.05) is 18.2 Å². The van der Waals surface area contributed by atoms with E-state index in [4.69, 9.17) is 4.74 Å². The number of nitrogens with one attached hydrogen (secondary N) is 1. The van der Waals surface area contributed by atoms with Gasteiger partial charge in [0, 0.05) is 51.0 Å². The zero-order valence-corrected chi connectivity index (χ0v) is 18.1. The smallest absolute Gasteiger partial charge is 0.148 e. The Morgan fingerprint density at radius 1 is 0.969 bits per heavy atom. The molecule has 0 radical (unpaired) electrons. The number of anilines is 2. The van der Waals surface area contributed by atoms with Crippen molar-refractivity contribution in [2.24, 2.45) is 0 Å². The summed E-state index contributed by atoms with van der Waals surface area (Å²) < 4.78 is 6.17. The summed E-state index contributed by atoms with van der Waals surface area (Å²) in [5, 5.41) is 12.7. The quantitative estimate of drug-likeness (QED) is 0.743. The predicted octanol–water partition coefficient (Wildman–Crippen LogP) is 1.94. The fraction of sp³-hybridized carbons (Fsp3) is 0.423. The molecule has 6 nitrogen and oxygen atoms in total. The van der Waals surface area contributed by atoms with E-state index in [2.05, 4.69) is 62.3 Å². The standard InChI is InChI=1S/C26H27N5O/c27-14-19-5-6-24-21(13-19)7-10-29(24)11-9-26(30-17-22-15-28-16-23(18-30)32-22)31-12-8-20-3-1-2-4-25(20)31/h1-6,13,22-23,26,28H,7-8,10,12,15-18H2. The lowest BCUT2D eigenvalue weighted by atomic mass is 10.1. The van der Waals surface area contributed by atoms with Crippen molar-refractivity contribution in [3.63, 3.8) is 0 Å². The topological polar surface area (TPSA) is 54.8 Å². The van der Waals surface area contributed by atoms with Crippen LogP contribution in [0.2, 0.25) is 0 Å². The van der Waals surface area contributed by atoms with Gasteiger partial charge in [0.1, 0.15) is 6.17 Å². The Labute approximate surface area is 189 Å². The molecule has 0 saturated carbocycles. The van der Waals surface area contributed by atoms with Gasteiger partial charge in [-0.2, -0.15) is 5.26 Å². The van der Waals surface area contributed by atoms with Crippen molar-refractivity contribution in [1.82, 2.24) is 10.2 Å². The molecule has 2 aromatic carbocycles. The van der Waals surface area contributed by atoms with E-state index in [9.17, 15) is 5.26 Å². The van der Waals surface area contributed by atoms with Gasteiger partial charge in [-0.05, 0) is 54.2 Å². The highest BCUT2D eigenvalue weighted by atomic mass is 16.5. The molecule has 0 aromatic heterocycles. The molecule has 6 heteroatoms. The number of ether oxygens (including phenoxy) is 1. The second-order valence-corrected chi connectivity index (χ2v) is 9.05. The Balaban J connectivity index is 1.32. The third kappa shape index (κ3) is 3.51. The Bertz CT molecular complexity index is 1120. The zero-order chi connectivity index (χ0) is 21.5. The van der Waals surface area contributed by atoms with Crippen LogP contribution in [-0.2, 0) is 17.6 Å². The monoisotopic (exact) mass is 425 g/mol. The average molecular weight is 426 g/mol. The van der Waals surface area contributed by atoms with E-state index in [1.165, 1.54) is 16.8 Å². The second kappa shape index (κ2) is 8.15. The van der Waals surface area contributed by atoms with Gasteiger partial charge in [0.2, 0.25) is 0 Å². The molecule has 2 aromatic rings. The van der Waals surface area contributed by atoms with Crippen LogP contribution in [0.5, 0.6) is 0 Å². The van der Waals surface area contributed by atoms with Crippen LogP contribution in [0.25, 0.3) is 0 Å². The Morgan fingerprint density at radius 3 is 2.62 bits per heavy atom. The number of benzene rings is 2. The molecule has 6 rings (SSSR count). The molecule has 0 amide bonds. The van der Waals surface area contributed by atoms with Crippen molar-refractivity contribution >= 4 is 11.4 Å². The highest BCUT2D eigenvalue weighted by Gasteiger charge is 2.37. The first kappa shape index (κ1) is 19.6. The van der Waals surface area contributed by atoms with Crippen LogP contribution >= 0.6 is 0 Å². The maximum Gasteiger partial charge on any atom is 0.148 e. The minimum Gasteiger partial charge on any atom is -0.370 e. The first-order valence-corrected chi connectivity index (χ1v) is 11.5. The second-order valence-electron chi connectivity index (χ2n) is 9.05. The Kier molecular flexibility index (Phi) is 5.00. The Hall–Kier alpha value is -3.03. The maximum atomic E-state index is 9.21. The van der Waals surface area contributed by atoms with Gasteiger partial charge in [-0.15, -0.1) is 0 Å². The van der Waals surface area contributed by atoms with E-state index in [1.54, 1.807) is 0 Å². The summed E-state index contributed by atoms with van der Waals surface area (Å²) in [6.07, 6.45) is 2.47. The van der Waals surface area contributed by atoms with E-state index in [1.807, 2.05) is 18.2 Å². The van der Waals surface area contributed by atoms with E-state index in [0.29, 0.717) is 0 Å². The minimum absolute atomic E-state index is 0.0214. The van der Waals surface area contributed by atoms with Crippen molar-refractivity contribution in [3.8, 4) is 18.0 Å². The van der Waals surface area contributed by atoms with Gasteiger partial charge in [-0.25, -0.2) is 0 Å². The molecule has 3 unspecified atom stereocenters. The van der Waals surface area contributed by atoms with Gasteiger partial charge in [0.05, 0.1) is 29.5 Å². The molecule has 2 saturated heterocycles. The fourth-order valence-corrected chi connectivity index (χ4v) is 5.49. The van der Waals surface area contributed by atoms with Crippen LogP contribution in [0.4, 0.5) is 11.4 Å². The minimum atomic E-state index is 0.0214. The number of nitriles is 1. The molecule has 32 heavy (non-hydrogen) atoms. The highest BCUT2D eigenvalue weighted by molar-refractivity contribution is 5.64. The first-order chi connectivity index (χ1) is 15.8. The fourth-order valence-electron chi connectivity index (χ4n) is 5.49. The first-order valence-electron chi connectivity index (χ1n) is 11.5. The SMILES string of the molecule is N#Cc1ccc2c(c1)CCN2C#CC(N1CC2CNCC(C1)O2)N1CCc2ccccc21. The van der Waals surface area contributed by atoms with Gasteiger partial charge >= 0.3 is 0 Å². The molecule has 162 valence electrons. The largest absolute Gasteiger partial charge is 0.370 e. The third-order valence-corrected chi connectivity index (χ3v) is 7.00. The van der Waals surface area contributed by atoms with E-state index in [0.717, 1.165) is 63.4 Å². The van der Waals surface area contributed by atoms with Crippen LogP contribution < -0.4 is 15.1 Å². The third-order valence-electron chi connectivity index (χ3n) is 7.00. The summed E-state index contributed by atoms with van der Waals surface area (Å²) in [5.74, 6) is 3.66. The number of nitrogens with zero attached hydrogens (tertiary/aromatic N) is 4. The van der Waals surface area contributed by atoms with Gasteiger partial charge in [0.25, 0.3) is 0 Å². The van der Waals surface area contributed by atoms with Gasteiger partial charge < -0.3 is 19.9 Å². The molecule has 3 atom stereocenters. The molecule has 0 aliphatic carbocycles. The van der Waals surface area contributed by atoms with E-state index in [-0.39, 0.29) is 18.4 Å². The van der Waals surface area contributed by atoms with Crippen molar-refractivity contribution in [2.75, 3.05) is 49.1 Å². The van der Waals surface area contributed by atoms with Crippen LogP contribution in [0.1, 0.15) is 16.7 Å². The lowest BCUT2D eigenvalue weighted by Gasteiger charge is -2.46. The molecule has 2 bridgehead atoms. The van der Waals surface area contributed by atoms with Crippen molar-refractivity contribution in [3.05, 3.63) is 59.2 Å². The van der Waals surface area contributed by atoms with Crippen molar-refractivity contribution < 1.29 is 4.74 Å².